The van der Waals surface area contributed by atoms with Crippen molar-refractivity contribution in [3.8, 4) is 0 Å². The SMILES string of the molecule is O=C1C/C(=C\c2cnn3c(NC4CC4)nc(N[C@@H]4CCCc5ccccc54)nc23)C(=O)N1. The van der Waals surface area contributed by atoms with E-state index in [1.165, 1.54) is 11.1 Å². The van der Waals surface area contributed by atoms with Crippen molar-refractivity contribution in [3.05, 3.63) is 52.7 Å². The molecule has 2 amide bonds. The molecule has 32 heavy (non-hydrogen) atoms. The molecular formula is C23H23N7O2. The highest BCUT2D eigenvalue weighted by atomic mass is 16.2. The third kappa shape index (κ3) is 3.49. The van der Waals surface area contributed by atoms with Crippen molar-refractivity contribution < 1.29 is 9.59 Å². The summed E-state index contributed by atoms with van der Waals surface area (Å²) in [5, 5.41) is 13.7. The van der Waals surface area contributed by atoms with Crippen LogP contribution in [-0.2, 0) is 16.0 Å². The summed E-state index contributed by atoms with van der Waals surface area (Å²) in [4.78, 5) is 33.1. The van der Waals surface area contributed by atoms with Gasteiger partial charge in [-0.25, -0.2) is 0 Å². The van der Waals surface area contributed by atoms with Crippen molar-refractivity contribution in [1.29, 1.82) is 0 Å². The van der Waals surface area contributed by atoms with Crippen LogP contribution in [0.4, 0.5) is 11.9 Å². The fourth-order valence-electron chi connectivity index (χ4n) is 4.43. The number of carbonyl (C=O) groups excluding carboxylic acids is 2. The van der Waals surface area contributed by atoms with Crippen LogP contribution in [0.2, 0.25) is 0 Å². The van der Waals surface area contributed by atoms with Gasteiger partial charge in [-0.3, -0.25) is 14.9 Å². The molecule has 1 aromatic carbocycles. The zero-order chi connectivity index (χ0) is 21.7. The Bertz CT molecular complexity index is 1270. The molecule has 0 spiro atoms. The lowest BCUT2D eigenvalue weighted by Gasteiger charge is -2.26. The third-order valence-electron chi connectivity index (χ3n) is 6.20. The molecule has 2 fully saturated rings. The third-order valence-corrected chi connectivity index (χ3v) is 6.20. The Balaban J connectivity index is 1.40. The second-order valence-corrected chi connectivity index (χ2v) is 8.64. The lowest BCUT2D eigenvalue weighted by molar-refractivity contribution is -0.124. The van der Waals surface area contributed by atoms with Crippen LogP contribution in [0.15, 0.2) is 36.0 Å². The summed E-state index contributed by atoms with van der Waals surface area (Å²) in [5.74, 6) is 0.494. The summed E-state index contributed by atoms with van der Waals surface area (Å²) in [5.41, 5.74) is 4.33. The van der Waals surface area contributed by atoms with Gasteiger partial charge in [0.05, 0.1) is 18.7 Å². The molecule has 2 aromatic heterocycles. The Hall–Kier alpha value is -3.75. The molecule has 9 nitrogen and oxygen atoms in total. The van der Waals surface area contributed by atoms with Gasteiger partial charge in [0.2, 0.25) is 17.8 Å². The van der Waals surface area contributed by atoms with Crippen LogP contribution in [0.3, 0.4) is 0 Å². The van der Waals surface area contributed by atoms with Gasteiger partial charge in [-0.05, 0) is 49.3 Å². The number of hydrogen-bond donors (Lipinski definition) is 3. The summed E-state index contributed by atoms with van der Waals surface area (Å²) in [6, 6.07) is 9.02. The van der Waals surface area contributed by atoms with E-state index in [1.54, 1.807) is 16.8 Å². The number of imide groups is 1. The van der Waals surface area contributed by atoms with Crippen LogP contribution in [0.1, 0.15) is 54.8 Å². The molecule has 1 saturated heterocycles. The number of rotatable bonds is 5. The van der Waals surface area contributed by atoms with Crippen LogP contribution in [0, 0.1) is 0 Å². The monoisotopic (exact) mass is 429 g/mol. The molecular weight excluding hydrogens is 406 g/mol. The molecule has 3 N–H and O–H groups in total. The van der Waals surface area contributed by atoms with Gasteiger partial charge >= 0.3 is 0 Å². The smallest absolute Gasteiger partial charge is 0.254 e. The Kier molecular flexibility index (Phi) is 4.41. The van der Waals surface area contributed by atoms with E-state index in [9.17, 15) is 9.59 Å². The quantitative estimate of drug-likeness (QED) is 0.422. The molecule has 9 heteroatoms. The number of hydrogen-bond acceptors (Lipinski definition) is 7. The first kappa shape index (κ1) is 19.0. The average Bonchev–Trinajstić information content (AvgIpc) is 3.42. The van der Waals surface area contributed by atoms with Gasteiger partial charge < -0.3 is 10.6 Å². The lowest BCUT2D eigenvalue weighted by atomic mass is 9.88. The Morgan fingerprint density at radius 2 is 1.97 bits per heavy atom. The highest BCUT2D eigenvalue weighted by molar-refractivity contribution is 6.15. The molecule has 6 rings (SSSR count). The van der Waals surface area contributed by atoms with Crippen LogP contribution >= 0.6 is 0 Å². The number of aryl methyl sites for hydroxylation is 1. The predicted molar refractivity (Wildman–Crippen MR) is 119 cm³/mol. The first-order valence-electron chi connectivity index (χ1n) is 11.1. The van der Waals surface area contributed by atoms with Gasteiger partial charge in [0, 0.05) is 17.2 Å². The highest BCUT2D eigenvalue weighted by Crippen LogP contribution is 2.32. The lowest BCUT2D eigenvalue weighted by Crippen LogP contribution is -2.20. The number of benzene rings is 1. The molecule has 1 aliphatic heterocycles. The normalized spacial score (nSPS) is 21.6. The number of nitrogens with one attached hydrogen (secondary N) is 3. The molecule has 1 atom stereocenters. The molecule has 0 unspecified atom stereocenters. The maximum atomic E-state index is 12.0. The minimum absolute atomic E-state index is 0.0679. The number of fused-ring (bicyclic) bond motifs is 2. The molecule has 3 aliphatic rings. The van der Waals surface area contributed by atoms with Crippen molar-refractivity contribution >= 4 is 35.4 Å². The second-order valence-electron chi connectivity index (χ2n) is 8.64. The van der Waals surface area contributed by atoms with Crippen LogP contribution in [0.25, 0.3) is 11.7 Å². The zero-order valence-corrected chi connectivity index (χ0v) is 17.5. The summed E-state index contributed by atoms with van der Waals surface area (Å²) >= 11 is 0. The molecule has 3 aromatic rings. The van der Waals surface area contributed by atoms with Gasteiger partial charge in [-0.1, -0.05) is 24.3 Å². The summed E-state index contributed by atoms with van der Waals surface area (Å²) in [6.07, 6.45) is 8.82. The number of amides is 2. The molecule has 0 bridgehead atoms. The molecule has 162 valence electrons. The fraction of sp³-hybridized carbons (Fsp3) is 0.348. The molecule has 1 saturated carbocycles. The zero-order valence-electron chi connectivity index (χ0n) is 17.5. The largest absolute Gasteiger partial charge is 0.351 e. The Morgan fingerprint density at radius 1 is 1.09 bits per heavy atom. The van der Waals surface area contributed by atoms with E-state index in [0.717, 1.165) is 32.1 Å². The maximum Gasteiger partial charge on any atom is 0.254 e. The van der Waals surface area contributed by atoms with E-state index in [0.29, 0.717) is 34.7 Å². The molecule has 0 radical (unpaired) electrons. The standard InChI is InChI=1S/C23H23N7O2/c31-19-11-14(21(32)27-19)10-15-12-24-30-20(15)28-22(29-23(30)25-16-8-9-16)26-18-7-3-5-13-4-1-2-6-17(13)18/h1-2,4,6,10,12,16,18H,3,5,7-9,11H2,(H,27,31,32)(H2,25,26,28,29)/b14-10+/t18-/m1/s1. The second kappa shape index (κ2) is 7.44. The fourth-order valence-corrected chi connectivity index (χ4v) is 4.43. The average molecular weight is 429 g/mol. The highest BCUT2D eigenvalue weighted by Gasteiger charge is 2.27. The minimum atomic E-state index is -0.364. The van der Waals surface area contributed by atoms with E-state index in [2.05, 4.69) is 45.3 Å². The van der Waals surface area contributed by atoms with Crippen LogP contribution in [-0.4, -0.2) is 37.4 Å². The van der Waals surface area contributed by atoms with Crippen molar-refractivity contribution in [3.63, 3.8) is 0 Å². The van der Waals surface area contributed by atoms with Gasteiger partial charge in [-0.15, -0.1) is 0 Å². The van der Waals surface area contributed by atoms with Crippen LogP contribution in [0.5, 0.6) is 0 Å². The number of carbonyl (C=O) groups is 2. The van der Waals surface area contributed by atoms with Gasteiger partial charge in [-0.2, -0.15) is 19.6 Å². The van der Waals surface area contributed by atoms with Crippen molar-refractivity contribution in [2.24, 2.45) is 0 Å². The topological polar surface area (TPSA) is 113 Å². The summed E-state index contributed by atoms with van der Waals surface area (Å²) in [6.45, 7) is 0. The molecule has 3 heterocycles. The van der Waals surface area contributed by atoms with Crippen molar-refractivity contribution in [2.75, 3.05) is 10.6 Å². The summed E-state index contributed by atoms with van der Waals surface area (Å²) < 4.78 is 1.67. The first-order valence-corrected chi connectivity index (χ1v) is 11.1. The maximum absolute atomic E-state index is 12.0. The Morgan fingerprint density at radius 3 is 2.78 bits per heavy atom. The molecule has 2 aliphatic carbocycles. The van der Waals surface area contributed by atoms with E-state index in [1.807, 2.05) is 0 Å². The van der Waals surface area contributed by atoms with E-state index in [4.69, 9.17) is 9.97 Å². The van der Waals surface area contributed by atoms with E-state index >= 15 is 0 Å². The van der Waals surface area contributed by atoms with E-state index < -0.39 is 0 Å². The minimum Gasteiger partial charge on any atom is -0.351 e. The van der Waals surface area contributed by atoms with Gasteiger partial charge in [0.25, 0.3) is 5.91 Å². The van der Waals surface area contributed by atoms with Crippen LogP contribution < -0.4 is 16.0 Å². The van der Waals surface area contributed by atoms with Crippen molar-refractivity contribution in [1.82, 2.24) is 24.9 Å². The number of anilines is 2. The van der Waals surface area contributed by atoms with Gasteiger partial charge in [0.15, 0.2) is 5.65 Å². The van der Waals surface area contributed by atoms with E-state index in [-0.39, 0.29) is 24.3 Å². The summed E-state index contributed by atoms with van der Waals surface area (Å²) in [7, 11) is 0. The van der Waals surface area contributed by atoms with Gasteiger partial charge in [0.1, 0.15) is 0 Å². The predicted octanol–water partition coefficient (Wildman–Crippen LogP) is 2.62. The number of nitrogens with zero attached hydrogens (tertiary/aromatic N) is 4. The first-order chi connectivity index (χ1) is 15.6. The number of aromatic nitrogens is 4. The Labute approximate surface area is 184 Å². The van der Waals surface area contributed by atoms with Crippen molar-refractivity contribution in [2.45, 2.75) is 50.6 Å².